The first-order chi connectivity index (χ1) is 16.6. The van der Waals surface area contributed by atoms with Crippen LogP contribution in [0.4, 0.5) is 0 Å². The molecule has 0 atom stereocenters. The van der Waals surface area contributed by atoms with Crippen LogP contribution in [0, 0.1) is 0 Å². The van der Waals surface area contributed by atoms with Gasteiger partial charge in [-0.05, 0) is 48.5 Å². The number of esters is 2. The fourth-order valence-electron chi connectivity index (χ4n) is 2.28. The molecule has 4 amide bonds. The number of ether oxygens (including phenoxy) is 2. The van der Waals surface area contributed by atoms with Gasteiger partial charge in [0.25, 0.3) is 17.7 Å². The SMILES string of the molecule is COC(=O)c1ccc(C(=O)NN)cc1.COC(=O)c1ccc(C(=O)NNC(=O)CNC(C)=O)cc1. The monoisotopic (exact) mass is 487 g/mol. The molecule has 35 heavy (non-hydrogen) atoms. The Balaban J connectivity index is 0.000000379. The third kappa shape index (κ3) is 9.71. The van der Waals surface area contributed by atoms with Crippen molar-refractivity contribution in [1.29, 1.82) is 0 Å². The zero-order chi connectivity index (χ0) is 26.4. The van der Waals surface area contributed by atoms with Crippen molar-refractivity contribution in [3.63, 3.8) is 0 Å². The molecule has 0 fully saturated rings. The second-order valence-electron chi connectivity index (χ2n) is 6.52. The first kappa shape index (κ1) is 28.3. The van der Waals surface area contributed by atoms with Crippen molar-refractivity contribution in [3.8, 4) is 0 Å². The molecular formula is C22H25N5O8. The highest BCUT2D eigenvalue weighted by molar-refractivity contribution is 5.97. The maximum atomic E-state index is 11.7. The van der Waals surface area contributed by atoms with Gasteiger partial charge in [0.2, 0.25) is 5.91 Å². The van der Waals surface area contributed by atoms with Crippen molar-refractivity contribution < 1.29 is 38.2 Å². The van der Waals surface area contributed by atoms with Gasteiger partial charge in [-0.1, -0.05) is 0 Å². The lowest BCUT2D eigenvalue weighted by Gasteiger charge is -2.08. The highest BCUT2D eigenvalue weighted by atomic mass is 16.5. The molecule has 2 rings (SSSR count). The molecule has 0 saturated heterocycles. The maximum absolute atomic E-state index is 11.7. The Labute approximate surface area is 200 Å². The van der Waals surface area contributed by atoms with E-state index in [0.717, 1.165) is 0 Å². The molecule has 0 aliphatic rings. The van der Waals surface area contributed by atoms with Gasteiger partial charge >= 0.3 is 11.9 Å². The Morgan fingerprint density at radius 2 is 1.09 bits per heavy atom. The van der Waals surface area contributed by atoms with Crippen LogP contribution in [0.5, 0.6) is 0 Å². The highest BCUT2D eigenvalue weighted by Crippen LogP contribution is 2.06. The number of hydrogen-bond acceptors (Lipinski definition) is 9. The Morgan fingerprint density at radius 1 is 0.686 bits per heavy atom. The fourth-order valence-corrected chi connectivity index (χ4v) is 2.28. The highest BCUT2D eigenvalue weighted by Gasteiger charge is 2.10. The van der Waals surface area contributed by atoms with E-state index in [1.54, 1.807) is 0 Å². The van der Waals surface area contributed by atoms with Crippen LogP contribution in [0.15, 0.2) is 48.5 Å². The van der Waals surface area contributed by atoms with Crippen molar-refractivity contribution in [1.82, 2.24) is 21.6 Å². The van der Waals surface area contributed by atoms with E-state index in [-0.39, 0.29) is 18.0 Å². The number of rotatable bonds is 6. The summed E-state index contributed by atoms with van der Waals surface area (Å²) in [6, 6.07) is 11.7. The Hall–Kier alpha value is -4.78. The molecule has 0 aliphatic carbocycles. The van der Waals surface area contributed by atoms with Gasteiger partial charge < -0.3 is 14.8 Å². The summed E-state index contributed by atoms with van der Waals surface area (Å²) in [4.78, 5) is 66.8. The van der Waals surface area contributed by atoms with Crippen LogP contribution >= 0.6 is 0 Å². The van der Waals surface area contributed by atoms with Crippen LogP contribution in [-0.2, 0) is 19.1 Å². The lowest BCUT2D eigenvalue weighted by Crippen LogP contribution is -2.46. The van der Waals surface area contributed by atoms with E-state index in [0.29, 0.717) is 16.7 Å². The molecule has 13 nitrogen and oxygen atoms in total. The van der Waals surface area contributed by atoms with E-state index >= 15 is 0 Å². The average Bonchev–Trinajstić information content (AvgIpc) is 2.89. The van der Waals surface area contributed by atoms with Gasteiger partial charge in [0.05, 0.1) is 31.9 Å². The minimum absolute atomic E-state index is 0.239. The van der Waals surface area contributed by atoms with Gasteiger partial charge in [-0.15, -0.1) is 0 Å². The summed E-state index contributed by atoms with van der Waals surface area (Å²) >= 11 is 0. The van der Waals surface area contributed by atoms with Crippen molar-refractivity contribution in [2.24, 2.45) is 5.84 Å². The number of amides is 4. The minimum atomic E-state index is -0.565. The molecule has 0 saturated carbocycles. The van der Waals surface area contributed by atoms with Gasteiger partial charge in [0, 0.05) is 18.1 Å². The van der Waals surface area contributed by atoms with Crippen LogP contribution in [0.3, 0.4) is 0 Å². The number of benzene rings is 2. The average molecular weight is 487 g/mol. The summed E-state index contributed by atoms with van der Waals surface area (Å²) in [5.74, 6) is 2.12. The van der Waals surface area contributed by atoms with E-state index in [1.807, 2.05) is 5.43 Å². The molecule has 0 bridgehead atoms. The van der Waals surface area contributed by atoms with Gasteiger partial charge in [-0.2, -0.15) is 0 Å². The predicted octanol–water partition coefficient (Wildman–Crippen LogP) is -0.553. The molecule has 2 aromatic carbocycles. The molecule has 0 unspecified atom stereocenters. The van der Waals surface area contributed by atoms with Crippen LogP contribution in [0.1, 0.15) is 48.4 Å². The summed E-state index contributed by atoms with van der Waals surface area (Å²) < 4.78 is 9.03. The number of methoxy groups -OCH3 is 2. The van der Waals surface area contributed by atoms with E-state index in [1.165, 1.54) is 69.7 Å². The van der Waals surface area contributed by atoms with Crippen molar-refractivity contribution in [2.45, 2.75) is 6.92 Å². The lowest BCUT2D eigenvalue weighted by atomic mass is 10.1. The molecule has 0 aliphatic heterocycles. The van der Waals surface area contributed by atoms with Gasteiger partial charge in [0.1, 0.15) is 0 Å². The third-order valence-corrected chi connectivity index (χ3v) is 4.08. The Kier molecular flexibility index (Phi) is 11.6. The summed E-state index contributed by atoms with van der Waals surface area (Å²) in [5, 5.41) is 2.28. The normalized spacial score (nSPS) is 9.37. The zero-order valence-electron chi connectivity index (χ0n) is 19.2. The molecule has 0 radical (unpaired) electrons. The van der Waals surface area contributed by atoms with E-state index in [4.69, 9.17) is 5.84 Å². The number of hydrogen-bond donors (Lipinski definition) is 5. The van der Waals surface area contributed by atoms with Gasteiger partial charge in [0.15, 0.2) is 0 Å². The molecule has 13 heteroatoms. The molecular weight excluding hydrogens is 462 g/mol. The molecule has 2 aromatic rings. The second kappa shape index (κ2) is 14.4. The number of hydrazine groups is 2. The van der Waals surface area contributed by atoms with Crippen LogP contribution in [0.25, 0.3) is 0 Å². The zero-order valence-corrected chi connectivity index (χ0v) is 19.2. The molecule has 0 heterocycles. The summed E-state index contributed by atoms with van der Waals surface area (Å²) in [5.41, 5.74) is 7.65. The van der Waals surface area contributed by atoms with Crippen molar-refractivity contribution in [3.05, 3.63) is 70.8 Å². The standard InChI is InChI=1S/C13H15N3O5.C9H10N2O3/c1-8(17)14-7-11(18)15-16-12(19)9-3-5-10(6-4-9)13(20)21-2;1-14-9(13)7-4-2-6(3-5-7)8(12)11-10/h3-6H,7H2,1-2H3,(H,14,17)(H,15,18)(H,16,19);2-5H,10H2,1H3,(H,11,12). The van der Waals surface area contributed by atoms with Crippen LogP contribution in [-0.4, -0.2) is 56.3 Å². The molecule has 186 valence electrons. The fraction of sp³-hybridized carbons (Fsp3) is 0.182. The maximum Gasteiger partial charge on any atom is 0.337 e. The van der Waals surface area contributed by atoms with E-state index < -0.39 is 29.7 Å². The van der Waals surface area contributed by atoms with Gasteiger partial charge in [-0.3, -0.25) is 35.5 Å². The number of nitrogen functional groups attached to an aromatic ring is 1. The van der Waals surface area contributed by atoms with Crippen LogP contribution in [0.2, 0.25) is 0 Å². The largest absolute Gasteiger partial charge is 0.465 e. The predicted molar refractivity (Wildman–Crippen MR) is 122 cm³/mol. The van der Waals surface area contributed by atoms with Crippen molar-refractivity contribution in [2.75, 3.05) is 20.8 Å². The first-order valence-corrected chi connectivity index (χ1v) is 9.84. The Morgan fingerprint density at radius 3 is 1.46 bits per heavy atom. The minimum Gasteiger partial charge on any atom is -0.465 e. The molecule has 0 spiro atoms. The second-order valence-corrected chi connectivity index (χ2v) is 6.52. The summed E-state index contributed by atoms with van der Waals surface area (Å²) in [7, 11) is 2.55. The summed E-state index contributed by atoms with van der Waals surface area (Å²) in [6.45, 7) is 1.03. The van der Waals surface area contributed by atoms with Gasteiger partial charge in [-0.25, -0.2) is 15.4 Å². The topological polar surface area (TPSA) is 195 Å². The molecule has 0 aromatic heterocycles. The smallest absolute Gasteiger partial charge is 0.337 e. The Bertz CT molecular complexity index is 1030. The number of nitrogens with two attached hydrogens (primary N) is 1. The first-order valence-electron chi connectivity index (χ1n) is 9.84. The summed E-state index contributed by atoms with van der Waals surface area (Å²) in [6.07, 6.45) is 0. The number of carbonyl (C=O) groups is 6. The van der Waals surface area contributed by atoms with E-state index in [9.17, 15) is 28.8 Å². The molecule has 6 N–H and O–H groups in total. The lowest BCUT2D eigenvalue weighted by molar-refractivity contribution is -0.125. The van der Waals surface area contributed by atoms with Crippen LogP contribution < -0.4 is 27.4 Å². The number of nitrogens with one attached hydrogen (secondary N) is 4. The third-order valence-electron chi connectivity index (χ3n) is 4.08. The van der Waals surface area contributed by atoms with Crippen molar-refractivity contribution >= 4 is 35.6 Å². The number of carbonyl (C=O) groups excluding carboxylic acids is 6. The van der Waals surface area contributed by atoms with E-state index in [2.05, 4.69) is 25.6 Å². The quantitative estimate of drug-likeness (QED) is 0.154.